The molecule has 0 spiro atoms. The van der Waals surface area contributed by atoms with Gasteiger partial charge < -0.3 is 77.0 Å². The first-order valence-electron chi connectivity index (χ1n) is 44.2. The number of benzene rings is 12. The van der Waals surface area contributed by atoms with Crippen molar-refractivity contribution < 1.29 is 43.1 Å². The van der Waals surface area contributed by atoms with Crippen LogP contribution in [0.1, 0.15) is 102 Å². The monoisotopic (exact) mass is 1840 g/mol. The summed E-state index contributed by atoms with van der Waals surface area (Å²) in [4.78, 5) is 154. The van der Waals surface area contributed by atoms with E-state index in [2.05, 4.69) is 107 Å². The van der Waals surface area contributed by atoms with Crippen molar-refractivity contribution in [2.75, 3.05) is 94.5 Å². The molecule has 0 bridgehead atoms. The Morgan fingerprint density at radius 2 is 0.669 bits per heavy atom. The molecule has 0 saturated carbocycles. The van der Waals surface area contributed by atoms with Crippen LogP contribution in [-0.2, 0) is 9.53 Å². The van der Waals surface area contributed by atoms with Crippen LogP contribution >= 0.6 is 0 Å². The molecule has 12 N–H and O–H groups in total. The van der Waals surface area contributed by atoms with Crippen LogP contribution in [0.25, 0.3) is 65.7 Å². The third kappa shape index (κ3) is 20.5. The minimum Gasteiger partial charge on any atom is -0.378 e. The van der Waals surface area contributed by atoms with Gasteiger partial charge in [0.15, 0.2) is 23.1 Å². The molecular formula is C108H88N22O9. The number of carbonyl (C=O) groups is 8. The average molecular weight is 1840 g/mol. The van der Waals surface area contributed by atoms with Crippen LogP contribution in [0.15, 0.2) is 341 Å². The lowest BCUT2D eigenvalue weighted by molar-refractivity contribution is -0.114. The first-order valence-corrected chi connectivity index (χ1v) is 44.2. The molecule has 0 unspecified atom stereocenters. The topological polar surface area (TPSA) is 415 Å². The second kappa shape index (κ2) is 41.4. The van der Waals surface area contributed by atoms with E-state index in [0.717, 1.165) is 57.4 Å². The molecule has 1 aliphatic rings. The van der Waals surface area contributed by atoms with E-state index in [4.69, 9.17) is 4.74 Å². The quantitative estimate of drug-likeness (QED) is 0.0250. The molecule has 4 amide bonds. The smallest absolute Gasteiger partial charge is 0.255 e. The van der Waals surface area contributed by atoms with Gasteiger partial charge in [-0.05, 0) is 125 Å². The number of nitrogens with one attached hydrogen (secondary N) is 12. The molecule has 21 rings (SSSR count). The Balaban J connectivity index is 0.000000123. The second-order valence-corrected chi connectivity index (χ2v) is 32.2. The lowest BCUT2D eigenvalue weighted by Crippen LogP contribution is -2.36. The van der Waals surface area contributed by atoms with Crippen molar-refractivity contribution in [2.45, 2.75) is 6.92 Å². The van der Waals surface area contributed by atoms with Gasteiger partial charge in [-0.3, -0.25) is 38.4 Å². The lowest BCUT2D eigenvalue weighted by atomic mass is 9.97. The van der Waals surface area contributed by atoms with Crippen LogP contribution in [-0.4, -0.2) is 154 Å². The summed E-state index contributed by atoms with van der Waals surface area (Å²) in [6.07, 6.45) is 12.3. The number of H-pyrrole nitrogens is 4. The molecule has 0 aliphatic carbocycles. The van der Waals surface area contributed by atoms with Crippen LogP contribution in [0.5, 0.6) is 0 Å². The Morgan fingerprint density at radius 3 is 1.10 bits per heavy atom. The molecule has 20 aromatic rings. The summed E-state index contributed by atoms with van der Waals surface area (Å²) >= 11 is 0. The lowest BCUT2D eigenvalue weighted by Gasteiger charge is -2.30. The first-order chi connectivity index (χ1) is 67.9. The number of amides is 4. The maximum atomic E-state index is 13.6. The van der Waals surface area contributed by atoms with Crippen LogP contribution in [0.2, 0.25) is 0 Å². The number of anilines is 13. The predicted octanol–water partition coefficient (Wildman–Crippen LogP) is 19.8. The van der Waals surface area contributed by atoms with Crippen LogP contribution in [0.3, 0.4) is 0 Å². The summed E-state index contributed by atoms with van der Waals surface area (Å²) in [5, 5.41) is 30.5. The van der Waals surface area contributed by atoms with Gasteiger partial charge in [0.05, 0.1) is 68.4 Å². The summed E-state index contributed by atoms with van der Waals surface area (Å²) in [5.74, 6) is 0.622. The molecule has 12 aromatic carbocycles. The molecule has 139 heavy (non-hydrogen) atoms. The number of hydrogen-bond acceptors (Lipinski definition) is 23. The Morgan fingerprint density at radius 1 is 0.324 bits per heavy atom. The average Bonchev–Trinajstić information content (AvgIpc) is 1.65. The number of aromatic nitrogens is 12. The molecule has 1 saturated heterocycles. The first kappa shape index (κ1) is 90.5. The van der Waals surface area contributed by atoms with E-state index in [0.29, 0.717) is 170 Å². The fraction of sp³-hybridized carbons (Fsp3) is 0.0741. The van der Waals surface area contributed by atoms with Gasteiger partial charge in [-0.1, -0.05) is 188 Å². The van der Waals surface area contributed by atoms with Gasteiger partial charge >= 0.3 is 0 Å². The molecule has 31 heteroatoms. The Kier molecular flexibility index (Phi) is 27.0. The van der Waals surface area contributed by atoms with Crippen molar-refractivity contribution >= 4 is 187 Å². The van der Waals surface area contributed by atoms with Crippen LogP contribution in [0, 0.1) is 0 Å². The normalized spacial score (nSPS) is 11.5. The highest BCUT2D eigenvalue weighted by molar-refractivity contribution is 6.25. The molecule has 8 aromatic heterocycles. The molecule has 0 radical (unpaired) electrons. The Labute approximate surface area is 794 Å². The summed E-state index contributed by atoms with van der Waals surface area (Å²) in [7, 11) is 5.48. The van der Waals surface area contributed by atoms with Gasteiger partial charge in [0.2, 0.25) is 5.91 Å². The van der Waals surface area contributed by atoms with E-state index in [9.17, 15) is 38.4 Å². The minimum atomic E-state index is -0.232. The summed E-state index contributed by atoms with van der Waals surface area (Å²) in [6, 6.07) is 89.1. The number of ketones is 4. The van der Waals surface area contributed by atoms with Crippen LogP contribution in [0.4, 0.5) is 74.5 Å². The van der Waals surface area contributed by atoms with E-state index >= 15 is 0 Å². The predicted molar refractivity (Wildman–Crippen MR) is 543 cm³/mol. The van der Waals surface area contributed by atoms with Crippen molar-refractivity contribution in [3.63, 3.8) is 0 Å². The zero-order valence-electron chi connectivity index (χ0n) is 75.3. The minimum absolute atomic E-state index is 0.113. The SMILES string of the molecule is CC(=O)Nc1cccc(Nc2ncnc3[nH]cc(C(=O)c4cccc5ccccc45)c23)c1.CN(C)c1cccc(NC(=O)c2cccc(Nc3ncnc4[nH]cc(C(=O)c5ccccc5)c34)c2)c1.CNC(=O)c1cccc(Nc2ncnc3[nH]cc(C(=O)c4cccc5ccccc45)c23)c1.O=C(Nc1ccccc1N1CCOCC1)c1cccc(Nc2ncnc3[nH]cc(C(=O)c4ccccc4)c23)c1. The van der Waals surface area contributed by atoms with Gasteiger partial charge in [0.25, 0.3) is 17.7 Å². The van der Waals surface area contributed by atoms with Crippen molar-refractivity contribution in [3.8, 4) is 0 Å². The highest BCUT2D eigenvalue weighted by Gasteiger charge is 2.27. The number of morpholine rings is 1. The zero-order valence-corrected chi connectivity index (χ0v) is 75.3. The molecular weight excluding hydrogens is 1750 g/mol. The van der Waals surface area contributed by atoms with Crippen molar-refractivity contribution in [1.29, 1.82) is 0 Å². The van der Waals surface area contributed by atoms with Gasteiger partial charge in [0, 0.05) is 145 Å². The summed E-state index contributed by atoms with van der Waals surface area (Å²) in [5.41, 5.74) is 14.7. The van der Waals surface area contributed by atoms with E-state index in [-0.39, 0.29) is 46.8 Å². The van der Waals surface area contributed by atoms with Crippen molar-refractivity contribution in [3.05, 3.63) is 402 Å². The molecule has 1 aliphatic heterocycles. The number of aromatic amines is 4. The van der Waals surface area contributed by atoms with Crippen molar-refractivity contribution in [1.82, 2.24) is 65.1 Å². The number of fused-ring (bicyclic) bond motifs is 6. The van der Waals surface area contributed by atoms with Crippen molar-refractivity contribution in [2.24, 2.45) is 0 Å². The Hall–Kier alpha value is -19.0. The van der Waals surface area contributed by atoms with Crippen LogP contribution < -0.4 is 52.3 Å². The third-order valence-corrected chi connectivity index (χ3v) is 23.0. The van der Waals surface area contributed by atoms with E-state index in [1.54, 1.807) is 123 Å². The van der Waals surface area contributed by atoms with Gasteiger partial charge in [0.1, 0.15) is 71.2 Å². The molecule has 31 nitrogen and oxygen atoms in total. The van der Waals surface area contributed by atoms with Gasteiger partial charge in [-0.2, -0.15) is 0 Å². The summed E-state index contributed by atoms with van der Waals surface area (Å²) in [6.45, 7) is 4.32. The van der Waals surface area contributed by atoms with Gasteiger partial charge in [-0.25, -0.2) is 39.9 Å². The van der Waals surface area contributed by atoms with Gasteiger partial charge in [-0.15, -0.1) is 0 Å². The highest BCUT2D eigenvalue weighted by atomic mass is 16.5. The number of para-hydroxylation sites is 2. The van der Waals surface area contributed by atoms with E-state index in [1.165, 1.54) is 32.2 Å². The third-order valence-electron chi connectivity index (χ3n) is 23.0. The fourth-order valence-electron chi connectivity index (χ4n) is 16.3. The maximum Gasteiger partial charge on any atom is 0.255 e. The molecule has 0 atom stereocenters. The fourth-order valence-corrected chi connectivity index (χ4v) is 16.3. The number of rotatable bonds is 24. The number of hydrogen-bond donors (Lipinski definition) is 12. The maximum absolute atomic E-state index is 13.6. The number of ether oxygens (including phenoxy) is 1. The van der Waals surface area contributed by atoms with E-state index in [1.807, 2.05) is 219 Å². The Bertz CT molecular complexity index is 8040. The largest absolute Gasteiger partial charge is 0.378 e. The second-order valence-electron chi connectivity index (χ2n) is 32.2. The number of nitrogens with zero attached hydrogens (tertiary/aromatic N) is 10. The summed E-state index contributed by atoms with van der Waals surface area (Å²) < 4.78 is 5.47. The zero-order chi connectivity index (χ0) is 95.8. The highest BCUT2D eigenvalue weighted by Crippen LogP contribution is 2.37. The standard InChI is InChI=1S/C30H26N6O3.C28H24N6O2.2C25H19N5O2/c37-27(20-7-2-1-3-8-20)23-18-31-28-26(23)29(33-19-32-28)34-22-10-6-9-21(17-22)30(38)35-24-11-4-5-12-25(24)36-13-15-39-16-14-36;1-34(2)22-13-7-12-21(15-22)33-28(36)19-10-6-11-20(14-19)32-27-24-23(16-29-26(24)30-17-31-27)25(35)18-8-4-3-5-9-18;1-26-25(32)16-8-4-9-17(12-16)30-24-21-20(13-27-23(21)28-14-29-24)22(31)19-11-5-7-15-6-2-3-10-18(15)19;1-15(31)29-17-8-5-9-18(12-17)30-25-22-21(13-26-24(22)27-14-28-25)23(32)20-11-4-7-16-6-2-3-10-19(16)20/h1-12,17-19H,13-16H2,(H,35,38)(H2,31,32,33,34);3-17H,1-2H3,(H,33,36)(H2,29,30,31,32);2-14H,1H3,(H,26,32)(H2,27,28,29,30);2-14H,1H3,(H,29,31)(H2,26,27,28,30). The molecule has 9 heterocycles. The molecule has 684 valence electrons. The molecule has 1 fully saturated rings. The van der Waals surface area contributed by atoms with E-state index < -0.39 is 0 Å². The number of carbonyl (C=O) groups excluding carboxylic acids is 8.